The Balaban J connectivity index is 2.96. The Morgan fingerprint density at radius 1 is 1.40 bits per heavy atom. The molecule has 2 radical (unpaired) electrons. The number of rotatable bonds is 2. The van der Waals surface area contributed by atoms with Gasteiger partial charge >= 0.3 is 0 Å². The molecule has 0 aliphatic carbocycles. The van der Waals surface area contributed by atoms with E-state index in [-0.39, 0.29) is 0 Å². The van der Waals surface area contributed by atoms with Crippen molar-refractivity contribution in [3.8, 4) is 0 Å². The summed E-state index contributed by atoms with van der Waals surface area (Å²) in [5.74, 6) is 0.556. The van der Waals surface area contributed by atoms with Crippen LogP contribution in [0, 0.1) is 0 Å². The summed E-state index contributed by atoms with van der Waals surface area (Å²) in [6, 6.07) is 7.96. The molecule has 0 fully saturated rings. The van der Waals surface area contributed by atoms with E-state index in [4.69, 9.17) is 17.0 Å². The van der Waals surface area contributed by atoms with Gasteiger partial charge in [-0.25, -0.2) is 0 Å². The van der Waals surface area contributed by atoms with Gasteiger partial charge in [0, 0.05) is 5.88 Å². The molecule has 0 atom stereocenters. The first kappa shape index (κ1) is 7.79. The SMILES string of the molecule is N[Si]c1ccccc1CCl. The topological polar surface area (TPSA) is 26.0 Å². The van der Waals surface area contributed by atoms with Crippen molar-refractivity contribution in [3.05, 3.63) is 29.8 Å². The first-order chi connectivity index (χ1) is 4.88. The van der Waals surface area contributed by atoms with Gasteiger partial charge in [-0.2, -0.15) is 0 Å². The van der Waals surface area contributed by atoms with Crippen LogP contribution in [0.2, 0.25) is 0 Å². The van der Waals surface area contributed by atoms with E-state index in [0.29, 0.717) is 15.6 Å². The highest BCUT2D eigenvalue weighted by atomic mass is 35.5. The summed E-state index contributed by atoms with van der Waals surface area (Å²) in [7, 11) is 0.351. The van der Waals surface area contributed by atoms with E-state index < -0.39 is 0 Å². The number of nitrogens with two attached hydrogens (primary N) is 1. The highest BCUT2D eigenvalue weighted by Crippen LogP contribution is 1.98. The molecule has 1 aromatic rings. The number of benzene rings is 1. The Labute approximate surface area is 68.1 Å². The van der Waals surface area contributed by atoms with Crippen LogP contribution >= 0.6 is 11.6 Å². The third kappa shape index (κ3) is 1.59. The minimum Gasteiger partial charge on any atom is -0.349 e. The van der Waals surface area contributed by atoms with Crippen LogP contribution in [0.5, 0.6) is 0 Å². The molecule has 2 N–H and O–H groups in total. The number of hydrogen-bond donors (Lipinski definition) is 1. The molecule has 1 nitrogen and oxygen atoms in total. The summed E-state index contributed by atoms with van der Waals surface area (Å²) in [5, 5.41) is 6.66. The van der Waals surface area contributed by atoms with Crippen LogP contribution in [0.4, 0.5) is 0 Å². The summed E-state index contributed by atoms with van der Waals surface area (Å²) in [4.78, 5) is 0. The van der Waals surface area contributed by atoms with Crippen molar-refractivity contribution in [3.63, 3.8) is 0 Å². The molecule has 0 saturated carbocycles. The highest BCUT2D eigenvalue weighted by molar-refractivity contribution is 6.50. The molecule has 10 heavy (non-hydrogen) atoms. The fourth-order valence-corrected chi connectivity index (χ4v) is 1.67. The van der Waals surface area contributed by atoms with Gasteiger partial charge in [0.25, 0.3) is 0 Å². The maximum Gasteiger partial charge on any atom is 0.177 e. The average Bonchev–Trinajstić information content (AvgIpc) is 2.04. The van der Waals surface area contributed by atoms with Gasteiger partial charge in [-0.05, 0) is 10.8 Å². The van der Waals surface area contributed by atoms with Gasteiger partial charge in [-0.15, -0.1) is 11.6 Å². The van der Waals surface area contributed by atoms with Gasteiger partial charge in [-0.3, -0.25) is 0 Å². The summed E-state index contributed by atoms with van der Waals surface area (Å²) in [6.07, 6.45) is 0. The molecular formula is C7H8ClNSi. The number of hydrogen-bond acceptors (Lipinski definition) is 1. The van der Waals surface area contributed by atoms with Crippen LogP contribution in [0.15, 0.2) is 24.3 Å². The summed E-state index contributed by atoms with van der Waals surface area (Å²) < 4.78 is 0. The fraction of sp³-hybridized carbons (Fsp3) is 0.143. The Bertz CT molecular complexity index is 192. The summed E-state index contributed by atoms with van der Waals surface area (Å²) in [5.41, 5.74) is 1.14. The zero-order valence-corrected chi connectivity index (χ0v) is 7.23. The van der Waals surface area contributed by atoms with Crippen molar-refractivity contribution < 1.29 is 0 Å². The van der Waals surface area contributed by atoms with E-state index in [9.17, 15) is 0 Å². The lowest BCUT2D eigenvalue weighted by Crippen LogP contribution is -2.25. The van der Waals surface area contributed by atoms with E-state index in [0.717, 1.165) is 10.8 Å². The van der Waals surface area contributed by atoms with Crippen LogP contribution in [0.25, 0.3) is 0 Å². The van der Waals surface area contributed by atoms with Gasteiger partial charge < -0.3 is 5.40 Å². The van der Waals surface area contributed by atoms with E-state index >= 15 is 0 Å². The lowest BCUT2D eigenvalue weighted by Gasteiger charge is -2.00. The average molecular weight is 170 g/mol. The van der Waals surface area contributed by atoms with Crippen molar-refractivity contribution in [2.24, 2.45) is 5.40 Å². The highest BCUT2D eigenvalue weighted by Gasteiger charge is 1.96. The molecule has 0 saturated heterocycles. The molecule has 1 rings (SSSR count). The third-order valence-electron chi connectivity index (χ3n) is 1.32. The Morgan fingerprint density at radius 2 is 2.10 bits per heavy atom. The van der Waals surface area contributed by atoms with Crippen molar-refractivity contribution in [2.45, 2.75) is 5.88 Å². The predicted octanol–water partition coefficient (Wildman–Crippen LogP) is 0.629. The third-order valence-corrected chi connectivity index (χ3v) is 2.40. The van der Waals surface area contributed by atoms with Crippen LogP contribution in [0.3, 0.4) is 0 Å². The maximum atomic E-state index is 5.66. The second-order valence-corrected chi connectivity index (χ2v) is 3.03. The minimum atomic E-state index is 0.351. The smallest absolute Gasteiger partial charge is 0.177 e. The largest absolute Gasteiger partial charge is 0.349 e. The van der Waals surface area contributed by atoms with E-state index in [1.165, 1.54) is 0 Å². The number of alkyl halides is 1. The standard InChI is InChI=1S/C7H8ClNSi/c8-5-6-3-1-2-4-7(6)10-9/h1-4H,5,9H2. The Morgan fingerprint density at radius 3 is 2.60 bits per heavy atom. The van der Waals surface area contributed by atoms with Crippen LogP contribution in [-0.4, -0.2) is 9.68 Å². The van der Waals surface area contributed by atoms with E-state index in [2.05, 4.69) is 0 Å². The molecule has 0 unspecified atom stereocenters. The molecule has 0 aromatic heterocycles. The Hall–Kier alpha value is -0.313. The zero-order chi connectivity index (χ0) is 7.40. The normalized spacial score (nSPS) is 9.80. The summed E-state index contributed by atoms with van der Waals surface area (Å²) in [6.45, 7) is 0. The number of halogens is 1. The van der Waals surface area contributed by atoms with Crippen molar-refractivity contribution >= 4 is 26.5 Å². The quantitative estimate of drug-likeness (QED) is 0.510. The maximum absolute atomic E-state index is 5.66. The van der Waals surface area contributed by atoms with Crippen LogP contribution < -0.4 is 10.6 Å². The molecule has 0 aliphatic rings. The molecule has 52 valence electrons. The minimum absolute atomic E-state index is 0.351. The molecule has 0 heterocycles. The van der Waals surface area contributed by atoms with Gasteiger partial charge in [0.15, 0.2) is 9.68 Å². The lowest BCUT2D eigenvalue weighted by atomic mass is 10.2. The zero-order valence-electron chi connectivity index (χ0n) is 5.47. The van der Waals surface area contributed by atoms with Crippen molar-refractivity contribution in [1.82, 2.24) is 0 Å². The van der Waals surface area contributed by atoms with E-state index in [1.54, 1.807) is 0 Å². The monoisotopic (exact) mass is 169 g/mol. The Kier molecular flexibility index (Phi) is 2.93. The van der Waals surface area contributed by atoms with Gasteiger partial charge in [0.2, 0.25) is 0 Å². The van der Waals surface area contributed by atoms with Crippen LogP contribution in [-0.2, 0) is 5.88 Å². The second kappa shape index (κ2) is 3.76. The molecule has 0 spiro atoms. The van der Waals surface area contributed by atoms with Gasteiger partial charge in [0.1, 0.15) is 0 Å². The first-order valence-electron chi connectivity index (χ1n) is 2.99. The van der Waals surface area contributed by atoms with Crippen molar-refractivity contribution in [2.75, 3.05) is 0 Å². The summed E-state index contributed by atoms with van der Waals surface area (Å²) >= 11 is 5.66. The van der Waals surface area contributed by atoms with Gasteiger partial charge in [0.05, 0.1) is 0 Å². The molecular weight excluding hydrogens is 162 g/mol. The molecule has 1 aromatic carbocycles. The van der Waals surface area contributed by atoms with Gasteiger partial charge in [-0.1, -0.05) is 24.3 Å². The van der Waals surface area contributed by atoms with Crippen molar-refractivity contribution in [1.29, 1.82) is 0 Å². The fourth-order valence-electron chi connectivity index (χ4n) is 0.778. The molecule has 3 heteroatoms. The molecule has 0 amide bonds. The molecule has 0 aliphatic heterocycles. The lowest BCUT2D eigenvalue weighted by molar-refractivity contribution is 1.43. The predicted molar refractivity (Wildman–Crippen MR) is 45.6 cm³/mol. The van der Waals surface area contributed by atoms with E-state index in [1.807, 2.05) is 24.3 Å². The van der Waals surface area contributed by atoms with Crippen LogP contribution in [0.1, 0.15) is 5.56 Å². The first-order valence-corrected chi connectivity index (χ1v) is 4.60. The second-order valence-electron chi connectivity index (χ2n) is 1.94. The molecule has 0 bridgehead atoms.